The summed E-state index contributed by atoms with van der Waals surface area (Å²) in [4.78, 5) is 30.9. The molecule has 5 nitrogen and oxygen atoms in total. The minimum atomic E-state index is -0.117. The SMILES string of the molecule is O=c1c2cc3c(=O)n(C4CCCCC4)ccc3nc2ccn1Cc1ccccc1. The van der Waals surface area contributed by atoms with E-state index in [1.54, 1.807) is 16.8 Å². The molecular weight excluding hydrogens is 362 g/mol. The second-order valence-corrected chi connectivity index (χ2v) is 7.91. The molecule has 1 aliphatic rings. The Bertz CT molecular complexity index is 1300. The molecule has 3 heterocycles. The molecule has 0 aliphatic heterocycles. The van der Waals surface area contributed by atoms with Crippen molar-refractivity contribution in [1.29, 1.82) is 0 Å². The highest BCUT2D eigenvalue weighted by Gasteiger charge is 2.18. The Morgan fingerprint density at radius 2 is 1.52 bits per heavy atom. The lowest BCUT2D eigenvalue weighted by Crippen LogP contribution is -2.26. The molecule has 5 heteroatoms. The quantitative estimate of drug-likeness (QED) is 0.495. The maximum absolute atomic E-state index is 13.2. The van der Waals surface area contributed by atoms with Gasteiger partial charge >= 0.3 is 0 Å². The Hall–Kier alpha value is -3.21. The van der Waals surface area contributed by atoms with E-state index in [-0.39, 0.29) is 17.2 Å². The lowest BCUT2D eigenvalue weighted by atomic mass is 9.95. The standard InChI is InChI=1S/C24H23N3O2/c28-23-19-15-20-22(12-14-27(24(20)29)18-9-5-2-6-10-18)25-21(19)11-13-26(23)16-17-7-3-1-4-8-17/h1,3-4,7-8,11-15,18H,2,5-6,9-10,16H2. The van der Waals surface area contributed by atoms with Crippen LogP contribution in [-0.4, -0.2) is 14.1 Å². The molecule has 1 aromatic carbocycles. The summed E-state index contributed by atoms with van der Waals surface area (Å²) in [6, 6.07) is 15.6. The van der Waals surface area contributed by atoms with E-state index in [4.69, 9.17) is 0 Å². The summed E-state index contributed by atoms with van der Waals surface area (Å²) < 4.78 is 3.52. The first-order valence-electron chi connectivity index (χ1n) is 10.3. The van der Waals surface area contributed by atoms with E-state index in [9.17, 15) is 9.59 Å². The molecule has 146 valence electrons. The van der Waals surface area contributed by atoms with Crippen LogP contribution in [0.3, 0.4) is 0 Å². The molecule has 0 unspecified atom stereocenters. The van der Waals surface area contributed by atoms with E-state index >= 15 is 0 Å². The van der Waals surface area contributed by atoms with Gasteiger partial charge in [0.25, 0.3) is 11.1 Å². The number of rotatable bonds is 3. The molecule has 0 amide bonds. The third-order valence-corrected chi connectivity index (χ3v) is 6.01. The molecule has 0 spiro atoms. The van der Waals surface area contributed by atoms with Crippen molar-refractivity contribution in [3.05, 3.63) is 87.2 Å². The highest BCUT2D eigenvalue weighted by atomic mass is 16.1. The Morgan fingerprint density at radius 1 is 0.828 bits per heavy atom. The van der Waals surface area contributed by atoms with Crippen molar-refractivity contribution < 1.29 is 0 Å². The van der Waals surface area contributed by atoms with Crippen molar-refractivity contribution in [2.45, 2.75) is 44.7 Å². The predicted molar refractivity (Wildman–Crippen MR) is 115 cm³/mol. The molecule has 1 saturated carbocycles. The van der Waals surface area contributed by atoms with Crippen LogP contribution in [0, 0.1) is 0 Å². The van der Waals surface area contributed by atoms with Crippen LogP contribution in [0.4, 0.5) is 0 Å². The van der Waals surface area contributed by atoms with Crippen LogP contribution in [0.1, 0.15) is 43.7 Å². The minimum absolute atomic E-state index is 0.0401. The summed E-state index contributed by atoms with van der Waals surface area (Å²) in [5.41, 5.74) is 2.17. The first-order chi connectivity index (χ1) is 14.2. The Balaban J connectivity index is 1.64. The summed E-state index contributed by atoms with van der Waals surface area (Å²) in [5, 5.41) is 1.02. The maximum Gasteiger partial charge on any atom is 0.260 e. The zero-order valence-corrected chi connectivity index (χ0v) is 16.3. The average Bonchev–Trinajstić information content (AvgIpc) is 2.77. The third kappa shape index (κ3) is 3.27. The molecule has 29 heavy (non-hydrogen) atoms. The fourth-order valence-corrected chi connectivity index (χ4v) is 4.43. The number of hydrogen-bond donors (Lipinski definition) is 0. The smallest absolute Gasteiger partial charge is 0.260 e. The summed E-state index contributed by atoms with van der Waals surface area (Å²) >= 11 is 0. The van der Waals surface area contributed by atoms with E-state index in [0.29, 0.717) is 28.4 Å². The van der Waals surface area contributed by atoms with Gasteiger partial charge in [-0.1, -0.05) is 49.6 Å². The molecule has 4 aromatic rings. The number of benzene rings is 1. The Kier molecular flexibility index (Phi) is 4.51. The van der Waals surface area contributed by atoms with Crippen molar-refractivity contribution in [2.24, 2.45) is 0 Å². The minimum Gasteiger partial charge on any atom is -0.312 e. The normalized spacial score (nSPS) is 15.2. The topological polar surface area (TPSA) is 56.9 Å². The summed E-state index contributed by atoms with van der Waals surface area (Å²) in [5.74, 6) is 0. The van der Waals surface area contributed by atoms with Crippen molar-refractivity contribution in [3.63, 3.8) is 0 Å². The van der Waals surface area contributed by atoms with Crippen molar-refractivity contribution in [1.82, 2.24) is 14.1 Å². The molecule has 0 N–H and O–H groups in total. The van der Waals surface area contributed by atoms with Crippen molar-refractivity contribution in [3.8, 4) is 0 Å². The summed E-state index contributed by atoms with van der Waals surface area (Å²) in [6.45, 7) is 0.495. The van der Waals surface area contributed by atoms with Gasteiger partial charge in [0, 0.05) is 18.4 Å². The average molecular weight is 385 g/mol. The summed E-state index contributed by atoms with van der Waals surface area (Å²) in [7, 11) is 0. The van der Waals surface area contributed by atoms with Crippen LogP contribution in [0.5, 0.6) is 0 Å². The van der Waals surface area contributed by atoms with Gasteiger partial charge in [-0.3, -0.25) is 9.59 Å². The molecule has 3 aromatic heterocycles. The fraction of sp³-hybridized carbons (Fsp3) is 0.292. The molecule has 0 atom stereocenters. The second kappa shape index (κ2) is 7.32. The highest BCUT2D eigenvalue weighted by molar-refractivity contribution is 5.91. The van der Waals surface area contributed by atoms with Crippen molar-refractivity contribution >= 4 is 21.8 Å². The van der Waals surface area contributed by atoms with Gasteiger partial charge in [0.15, 0.2) is 0 Å². The molecular formula is C24H23N3O2. The van der Waals surface area contributed by atoms with Crippen LogP contribution < -0.4 is 11.1 Å². The van der Waals surface area contributed by atoms with Gasteiger partial charge in [0.1, 0.15) is 0 Å². The predicted octanol–water partition coefficient (Wildman–Crippen LogP) is 4.26. The third-order valence-electron chi connectivity index (χ3n) is 6.01. The van der Waals surface area contributed by atoms with Gasteiger partial charge in [0.2, 0.25) is 0 Å². The van der Waals surface area contributed by atoms with Gasteiger partial charge in [-0.25, -0.2) is 4.98 Å². The molecule has 1 aliphatic carbocycles. The molecule has 5 rings (SSSR count). The molecule has 0 bridgehead atoms. The van der Waals surface area contributed by atoms with Crippen LogP contribution >= 0.6 is 0 Å². The fourth-order valence-electron chi connectivity index (χ4n) is 4.43. The van der Waals surface area contributed by atoms with E-state index < -0.39 is 0 Å². The lowest BCUT2D eigenvalue weighted by molar-refractivity contribution is 0.347. The Morgan fingerprint density at radius 3 is 2.28 bits per heavy atom. The van der Waals surface area contributed by atoms with Gasteiger partial charge in [-0.2, -0.15) is 0 Å². The van der Waals surface area contributed by atoms with Crippen LogP contribution in [0.2, 0.25) is 0 Å². The maximum atomic E-state index is 13.2. The molecule has 0 saturated heterocycles. The number of hydrogen-bond acceptors (Lipinski definition) is 3. The largest absolute Gasteiger partial charge is 0.312 e. The van der Waals surface area contributed by atoms with Gasteiger partial charge in [-0.05, 0) is 36.6 Å². The van der Waals surface area contributed by atoms with Crippen LogP contribution in [0.25, 0.3) is 21.8 Å². The van der Waals surface area contributed by atoms with Gasteiger partial charge in [-0.15, -0.1) is 0 Å². The monoisotopic (exact) mass is 385 g/mol. The Labute approximate surface area is 168 Å². The first-order valence-corrected chi connectivity index (χ1v) is 10.3. The highest BCUT2D eigenvalue weighted by Crippen LogP contribution is 2.27. The van der Waals surface area contributed by atoms with E-state index in [1.807, 2.05) is 53.2 Å². The second-order valence-electron chi connectivity index (χ2n) is 7.91. The lowest BCUT2D eigenvalue weighted by Gasteiger charge is -2.24. The number of nitrogens with zero attached hydrogens (tertiary/aromatic N) is 3. The van der Waals surface area contributed by atoms with Gasteiger partial charge in [0.05, 0.1) is 28.4 Å². The van der Waals surface area contributed by atoms with Gasteiger partial charge < -0.3 is 9.13 Å². The van der Waals surface area contributed by atoms with Crippen molar-refractivity contribution in [2.75, 3.05) is 0 Å². The number of fused-ring (bicyclic) bond motifs is 2. The van der Waals surface area contributed by atoms with E-state index in [0.717, 1.165) is 31.2 Å². The van der Waals surface area contributed by atoms with E-state index in [1.165, 1.54) is 6.42 Å². The van der Waals surface area contributed by atoms with Crippen LogP contribution in [0.15, 0.2) is 70.5 Å². The van der Waals surface area contributed by atoms with Crippen LogP contribution in [-0.2, 0) is 6.54 Å². The van der Waals surface area contributed by atoms with E-state index in [2.05, 4.69) is 4.98 Å². The molecule has 0 radical (unpaired) electrons. The zero-order valence-electron chi connectivity index (χ0n) is 16.3. The zero-order chi connectivity index (χ0) is 19.8. The summed E-state index contributed by atoms with van der Waals surface area (Å²) in [6.07, 6.45) is 9.29. The first kappa shape index (κ1) is 17.9. The number of pyridine rings is 3. The molecule has 1 fully saturated rings. The number of aromatic nitrogens is 3.